The predicted octanol–water partition coefficient (Wildman–Crippen LogP) is 5.74. The number of rotatable bonds is 5. The Labute approximate surface area is 197 Å². The van der Waals surface area contributed by atoms with Crippen molar-refractivity contribution in [3.8, 4) is 11.4 Å². The van der Waals surface area contributed by atoms with E-state index < -0.39 is 0 Å². The van der Waals surface area contributed by atoms with Crippen LogP contribution in [0.5, 0.6) is 5.75 Å². The summed E-state index contributed by atoms with van der Waals surface area (Å²) in [7, 11) is 1.67. The molecule has 1 unspecified atom stereocenters. The van der Waals surface area contributed by atoms with Gasteiger partial charge in [-0.25, -0.2) is 4.98 Å². The summed E-state index contributed by atoms with van der Waals surface area (Å²) in [5.41, 5.74) is 5.30. The molecule has 2 aliphatic rings. The lowest BCUT2D eigenvalue weighted by molar-refractivity contribution is -0.129. The molecule has 2 heterocycles. The van der Waals surface area contributed by atoms with Gasteiger partial charge in [0.15, 0.2) is 0 Å². The van der Waals surface area contributed by atoms with Gasteiger partial charge in [-0.2, -0.15) is 0 Å². The molecule has 174 valence electrons. The first-order valence-corrected chi connectivity index (χ1v) is 11.8. The van der Waals surface area contributed by atoms with Crippen LogP contribution in [0.3, 0.4) is 0 Å². The number of hydrogen-bond donors (Lipinski definition) is 0. The van der Waals surface area contributed by atoms with Crippen LogP contribution >= 0.6 is 0 Å². The number of aryl methyl sites for hydroxylation is 1. The van der Waals surface area contributed by atoms with E-state index in [9.17, 15) is 4.79 Å². The molecule has 5 heteroatoms. The van der Waals surface area contributed by atoms with Gasteiger partial charge in [0.05, 0.1) is 24.8 Å². The minimum Gasteiger partial charge on any atom is -0.495 e. The number of ether oxygens (including phenoxy) is 1. The van der Waals surface area contributed by atoms with Crippen molar-refractivity contribution in [1.82, 2.24) is 14.5 Å². The molecule has 1 aromatic heterocycles. The second-order valence-corrected chi connectivity index (χ2v) is 10.1. The van der Waals surface area contributed by atoms with Gasteiger partial charge in [0.2, 0.25) is 5.91 Å². The maximum absolute atomic E-state index is 13.2. The molecular weight excluding hydrogens is 410 g/mol. The van der Waals surface area contributed by atoms with E-state index in [1.165, 1.54) is 5.57 Å². The van der Waals surface area contributed by atoms with Crippen LogP contribution in [0.2, 0.25) is 0 Å². The zero-order chi connectivity index (χ0) is 23.6. The van der Waals surface area contributed by atoms with E-state index >= 15 is 0 Å². The largest absolute Gasteiger partial charge is 0.495 e. The van der Waals surface area contributed by atoms with Gasteiger partial charge in [-0.15, -0.1) is 0 Å². The summed E-state index contributed by atoms with van der Waals surface area (Å²) >= 11 is 0. The van der Waals surface area contributed by atoms with Crippen molar-refractivity contribution < 1.29 is 9.53 Å². The average Bonchev–Trinajstić information content (AvgIpc) is 3.22. The number of aromatic nitrogens is 2. The van der Waals surface area contributed by atoms with Gasteiger partial charge in [-0.05, 0) is 66.9 Å². The summed E-state index contributed by atoms with van der Waals surface area (Å²) in [4.78, 5) is 19.6. The molecule has 2 aromatic rings. The van der Waals surface area contributed by atoms with Gasteiger partial charge in [-0.1, -0.05) is 45.1 Å². The molecule has 5 nitrogen and oxygen atoms in total. The number of methoxy groups -OCH3 is 1. The van der Waals surface area contributed by atoms with Crippen molar-refractivity contribution in [3.05, 3.63) is 71.4 Å². The molecule has 1 saturated heterocycles. The second kappa shape index (κ2) is 9.42. The Morgan fingerprint density at radius 2 is 2.09 bits per heavy atom. The number of benzene rings is 1. The van der Waals surface area contributed by atoms with Gasteiger partial charge in [-0.3, -0.25) is 4.79 Å². The minimum absolute atomic E-state index is 0.161. The van der Waals surface area contributed by atoms with Crippen molar-refractivity contribution >= 4 is 12.0 Å². The highest BCUT2D eigenvalue weighted by molar-refractivity contribution is 5.98. The fraction of sp³-hybridized carbons (Fsp3) is 0.429. The van der Waals surface area contributed by atoms with Crippen molar-refractivity contribution in [2.45, 2.75) is 47.0 Å². The fourth-order valence-corrected chi connectivity index (χ4v) is 4.57. The van der Waals surface area contributed by atoms with Crippen molar-refractivity contribution in [3.63, 3.8) is 0 Å². The summed E-state index contributed by atoms with van der Waals surface area (Å²) < 4.78 is 7.59. The average molecular weight is 446 g/mol. The molecule has 0 radical (unpaired) electrons. The van der Waals surface area contributed by atoms with Crippen molar-refractivity contribution in [1.29, 1.82) is 0 Å². The molecule has 0 spiro atoms. The molecule has 0 bridgehead atoms. The van der Waals surface area contributed by atoms with Crippen molar-refractivity contribution in [2.24, 2.45) is 11.3 Å². The van der Waals surface area contributed by atoms with Crippen LogP contribution in [0.25, 0.3) is 11.8 Å². The Kier molecular flexibility index (Phi) is 6.59. The lowest BCUT2D eigenvalue weighted by Gasteiger charge is -2.32. The molecule has 1 fully saturated rings. The lowest BCUT2D eigenvalue weighted by Crippen LogP contribution is -2.40. The topological polar surface area (TPSA) is 47.4 Å². The number of hydrogen-bond acceptors (Lipinski definition) is 3. The molecule has 0 saturated carbocycles. The van der Waals surface area contributed by atoms with E-state index in [4.69, 9.17) is 4.74 Å². The van der Waals surface area contributed by atoms with Gasteiger partial charge >= 0.3 is 0 Å². The highest BCUT2D eigenvalue weighted by Crippen LogP contribution is 2.32. The van der Waals surface area contributed by atoms with Gasteiger partial charge in [0, 0.05) is 24.9 Å². The van der Waals surface area contributed by atoms with E-state index in [-0.39, 0.29) is 11.3 Å². The number of allylic oxidation sites excluding steroid dienone is 3. The normalized spacial score (nSPS) is 20.3. The first kappa shape index (κ1) is 23.1. The highest BCUT2D eigenvalue weighted by Gasteiger charge is 2.26. The van der Waals surface area contributed by atoms with Crippen LogP contribution in [0.1, 0.15) is 51.3 Å². The van der Waals surface area contributed by atoms with E-state index in [1.54, 1.807) is 13.4 Å². The zero-order valence-corrected chi connectivity index (χ0v) is 20.5. The Morgan fingerprint density at radius 3 is 2.73 bits per heavy atom. The highest BCUT2D eigenvalue weighted by atomic mass is 16.5. The summed E-state index contributed by atoms with van der Waals surface area (Å²) in [6, 6.07) is 6.05. The second-order valence-electron chi connectivity index (χ2n) is 10.1. The van der Waals surface area contributed by atoms with Crippen LogP contribution in [-0.2, 0) is 4.79 Å². The third-order valence-corrected chi connectivity index (χ3v) is 6.48. The molecule has 1 aromatic carbocycles. The number of piperidine rings is 1. The Hall–Kier alpha value is -3.08. The first-order valence-electron chi connectivity index (χ1n) is 11.8. The van der Waals surface area contributed by atoms with Gasteiger partial charge in [0.25, 0.3) is 0 Å². The van der Waals surface area contributed by atoms with Crippen LogP contribution in [-0.4, -0.2) is 40.6 Å². The van der Waals surface area contributed by atoms with Crippen LogP contribution in [0, 0.1) is 18.3 Å². The van der Waals surface area contributed by atoms with E-state index in [0.717, 1.165) is 60.6 Å². The van der Waals surface area contributed by atoms with E-state index in [1.807, 2.05) is 46.9 Å². The number of carbonyl (C=O) groups excluding carboxylic acids is 1. The van der Waals surface area contributed by atoms with E-state index in [2.05, 4.69) is 44.0 Å². The predicted molar refractivity (Wildman–Crippen MR) is 133 cm³/mol. The first-order chi connectivity index (χ1) is 15.7. The maximum Gasteiger partial charge on any atom is 0.249 e. The quantitative estimate of drug-likeness (QED) is 0.551. The number of amides is 1. The molecule has 1 amide bonds. The molecule has 1 atom stereocenters. The Morgan fingerprint density at radius 1 is 1.27 bits per heavy atom. The summed E-state index contributed by atoms with van der Waals surface area (Å²) in [6.07, 6.45) is 15.5. The maximum atomic E-state index is 13.2. The minimum atomic E-state index is 0.161. The number of imidazole rings is 1. The SMILES string of the molecule is COc1cc(/C=C2\CCCN(CC3C=CC(C(C)(C)C)=CC3)C2=O)ccc1-n1cnc(C)c1. The number of likely N-dealkylation sites (tertiary alicyclic amines) is 1. The fourth-order valence-electron chi connectivity index (χ4n) is 4.57. The summed E-state index contributed by atoms with van der Waals surface area (Å²) in [6.45, 7) is 10.3. The third-order valence-electron chi connectivity index (χ3n) is 6.48. The monoisotopic (exact) mass is 445 g/mol. The smallest absolute Gasteiger partial charge is 0.249 e. The standard InChI is InChI=1S/C28H35N3O2/c1-20-17-31(19-29-20)25-13-10-22(16-26(25)33-5)15-23-7-6-14-30(27(23)32)18-21-8-11-24(12-9-21)28(2,3)4/h8,10-13,15-17,19,21H,6-7,9,14,18H2,1-5H3/b23-15+. The third kappa shape index (κ3) is 5.29. The molecular formula is C28H35N3O2. The van der Waals surface area contributed by atoms with Crippen molar-refractivity contribution in [2.75, 3.05) is 20.2 Å². The van der Waals surface area contributed by atoms with Crippen LogP contribution in [0.15, 0.2) is 60.1 Å². The van der Waals surface area contributed by atoms with Crippen LogP contribution < -0.4 is 4.74 Å². The molecule has 1 aliphatic carbocycles. The van der Waals surface area contributed by atoms with E-state index in [0.29, 0.717) is 5.92 Å². The molecule has 1 aliphatic heterocycles. The summed E-state index contributed by atoms with van der Waals surface area (Å²) in [5.74, 6) is 1.31. The molecule has 33 heavy (non-hydrogen) atoms. The number of nitrogens with zero attached hydrogens (tertiary/aromatic N) is 3. The molecule has 0 N–H and O–H groups in total. The Balaban J connectivity index is 1.47. The van der Waals surface area contributed by atoms with Crippen LogP contribution in [0.4, 0.5) is 0 Å². The van der Waals surface area contributed by atoms with Gasteiger partial charge < -0.3 is 14.2 Å². The Bertz CT molecular complexity index is 1110. The van der Waals surface area contributed by atoms with Gasteiger partial charge in [0.1, 0.15) is 5.75 Å². The molecule has 4 rings (SSSR count). The number of carbonyl (C=O) groups is 1. The zero-order valence-electron chi connectivity index (χ0n) is 20.5. The summed E-state index contributed by atoms with van der Waals surface area (Å²) in [5, 5.41) is 0. The lowest BCUT2D eigenvalue weighted by atomic mass is 9.81.